The van der Waals surface area contributed by atoms with Crippen molar-refractivity contribution < 1.29 is 4.79 Å². The smallest absolute Gasteiger partial charge is 0.275 e. The molecule has 26 heavy (non-hydrogen) atoms. The van der Waals surface area contributed by atoms with E-state index in [1.54, 1.807) is 17.8 Å². The number of hydrogen-bond donors (Lipinski definition) is 1. The molecule has 1 N–H and O–H groups in total. The largest absolute Gasteiger partial charge is 0.354 e. The van der Waals surface area contributed by atoms with Crippen molar-refractivity contribution in [3.8, 4) is 0 Å². The highest BCUT2D eigenvalue weighted by Gasteiger charge is 2.10. The van der Waals surface area contributed by atoms with Gasteiger partial charge in [-0.15, -0.1) is 11.8 Å². The van der Waals surface area contributed by atoms with Crippen LogP contribution in [0.4, 0.5) is 0 Å². The second-order valence-electron chi connectivity index (χ2n) is 5.96. The average molecular weight is 367 g/mol. The topological polar surface area (TPSA) is 64.0 Å². The molecule has 1 amide bonds. The van der Waals surface area contributed by atoms with Gasteiger partial charge in [0.2, 0.25) is 5.91 Å². The van der Waals surface area contributed by atoms with E-state index >= 15 is 0 Å². The van der Waals surface area contributed by atoms with Gasteiger partial charge in [0, 0.05) is 16.8 Å². The number of rotatable bonds is 7. The minimum Gasteiger partial charge on any atom is -0.354 e. The molecule has 0 atom stereocenters. The molecule has 0 aliphatic carbocycles. The Morgan fingerprint density at radius 3 is 2.54 bits per heavy atom. The summed E-state index contributed by atoms with van der Waals surface area (Å²) in [5.74, 6) is 0.733. The molecule has 2 aromatic carbocycles. The summed E-state index contributed by atoms with van der Waals surface area (Å²) in [6.07, 6.45) is 0.865. The molecule has 0 saturated carbocycles. The summed E-state index contributed by atoms with van der Waals surface area (Å²) in [4.78, 5) is 25.8. The van der Waals surface area contributed by atoms with E-state index < -0.39 is 0 Å². The van der Waals surface area contributed by atoms with E-state index in [9.17, 15) is 9.59 Å². The number of benzene rings is 2. The van der Waals surface area contributed by atoms with E-state index in [1.165, 1.54) is 9.58 Å². The Labute approximate surface area is 156 Å². The van der Waals surface area contributed by atoms with Crippen LogP contribution in [0.25, 0.3) is 10.8 Å². The number of aromatic nitrogens is 2. The molecule has 5 nitrogen and oxygen atoms in total. The van der Waals surface area contributed by atoms with E-state index in [0.29, 0.717) is 11.9 Å². The Morgan fingerprint density at radius 2 is 1.77 bits per heavy atom. The Balaban J connectivity index is 1.51. The van der Waals surface area contributed by atoms with Crippen LogP contribution in [0.2, 0.25) is 0 Å². The molecule has 0 saturated heterocycles. The van der Waals surface area contributed by atoms with Crippen molar-refractivity contribution in [3.05, 3.63) is 70.6 Å². The molecule has 0 unspecified atom stereocenters. The van der Waals surface area contributed by atoms with Crippen LogP contribution in [0.1, 0.15) is 12.1 Å². The first-order chi connectivity index (χ1) is 12.6. The lowest BCUT2D eigenvalue weighted by atomic mass is 10.1. The minimum absolute atomic E-state index is 0.0592. The molecule has 0 aliphatic rings. The summed E-state index contributed by atoms with van der Waals surface area (Å²) in [6.45, 7) is 2.37. The summed E-state index contributed by atoms with van der Waals surface area (Å²) < 4.78 is 1.24. The monoisotopic (exact) mass is 367 g/mol. The van der Waals surface area contributed by atoms with Gasteiger partial charge < -0.3 is 5.32 Å². The minimum atomic E-state index is -0.235. The van der Waals surface area contributed by atoms with Gasteiger partial charge in [0.25, 0.3) is 5.56 Å². The van der Waals surface area contributed by atoms with Gasteiger partial charge in [-0.05, 0) is 37.3 Å². The van der Waals surface area contributed by atoms with Crippen molar-refractivity contribution in [1.82, 2.24) is 15.1 Å². The lowest BCUT2D eigenvalue weighted by molar-refractivity contribution is -0.121. The van der Waals surface area contributed by atoms with Crippen LogP contribution >= 0.6 is 11.8 Å². The quantitative estimate of drug-likeness (QED) is 0.515. The number of fused-ring (bicyclic) bond motifs is 1. The van der Waals surface area contributed by atoms with Crippen molar-refractivity contribution in [3.63, 3.8) is 0 Å². The summed E-state index contributed by atoms with van der Waals surface area (Å²) >= 11 is 1.76. The van der Waals surface area contributed by atoms with Gasteiger partial charge in [-0.1, -0.05) is 36.4 Å². The predicted molar refractivity (Wildman–Crippen MR) is 106 cm³/mol. The van der Waals surface area contributed by atoms with Gasteiger partial charge in [-0.2, -0.15) is 5.10 Å². The highest BCUT2D eigenvalue weighted by Crippen LogP contribution is 2.17. The van der Waals surface area contributed by atoms with Crippen molar-refractivity contribution in [2.24, 2.45) is 0 Å². The summed E-state index contributed by atoms with van der Waals surface area (Å²) in [5.41, 5.74) is 0.508. The normalized spacial score (nSPS) is 10.8. The zero-order chi connectivity index (χ0) is 18.4. The molecule has 1 heterocycles. The molecule has 1 aromatic heterocycles. The Kier molecular flexibility index (Phi) is 6.07. The summed E-state index contributed by atoms with van der Waals surface area (Å²) in [5, 5.41) is 8.54. The van der Waals surface area contributed by atoms with Crippen LogP contribution in [0.15, 0.2) is 64.3 Å². The van der Waals surface area contributed by atoms with Gasteiger partial charge >= 0.3 is 0 Å². The third-order valence-electron chi connectivity index (χ3n) is 4.00. The van der Waals surface area contributed by atoms with Crippen LogP contribution in [0.5, 0.6) is 0 Å². The standard InChI is InChI=1S/C20H21N3O2S/c1-15-17-10-5-6-11-18(17)20(25)23(22-15)14-19(24)21-12-7-13-26-16-8-3-2-4-9-16/h2-6,8-11H,7,12-14H2,1H3,(H,21,24). The van der Waals surface area contributed by atoms with E-state index in [0.717, 1.165) is 23.3 Å². The molecule has 3 rings (SSSR count). The maximum Gasteiger partial charge on any atom is 0.275 e. The molecule has 3 aromatic rings. The predicted octanol–water partition coefficient (Wildman–Crippen LogP) is 3.00. The summed E-state index contributed by atoms with van der Waals surface area (Å²) in [7, 11) is 0. The lowest BCUT2D eigenvalue weighted by Crippen LogP contribution is -2.34. The zero-order valence-electron chi connectivity index (χ0n) is 14.6. The van der Waals surface area contributed by atoms with Crippen LogP contribution in [0.3, 0.4) is 0 Å². The van der Waals surface area contributed by atoms with Crippen molar-refractivity contribution in [1.29, 1.82) is 0 Å². The number of nitrogens with zero attached hydrogens (tertiary/aromatic N) is 2. The van der Waals surface area contributed by atoms with Crippen LogP contribution in [-0.4, -0.2) is 28.0 Å². The molecular weight excluding hydrogens is 346 g/mol. The van der Waals surface area contributed by atoms with Crippen molar-refractivity contribution in [2.75, 3.05) is 12.3 Å². The highest BCUT2D eigenvalue weighted by atomic mass is 32.2. The molecule has 134 valence electrons. The van der Waals surface area contributed by atoms with E-state index in [2.05, 4.69) is 22.5 Å². The fourth-order valence-corrected chi connectivity index (χ4v) is 3.58. The van der Waals surface area contributed by atoms with Gasteiger partial charge in [0.05, 0.1) is 11.1 Å². The number of hydrogen-bond acceptors (Lipinski definition) is 4. The second kappa shape index (κ2) is 8.67. The molecule has 6 heteroatoms. The van der Waals surface area contributed by atoms with Gasteiger partial charge in [0.1, 0.15) is 6.54 Å². The molecule has 0 aliphatic heterocycles. The number of nitrogens with one attached hydrogen (secondary N) is 1. The molecule has 0 fully saturated rings. The number of thioether (sulfide) groups is 1. The first kappa shape index (κ1) is 18.2. The van der Waals surface area contributed by atoms with Gasteiger partial charge in [0.15, 0.2) is 0 Å². The Bertz CT molecular complexity index is 954. The lowest BCUT2D eigenvalue weighted by Gasteiger charge is -2.09. The van der Waals surface area contributed by atoms with E-state index in [4.69, 9.17) is 0 Å². The summed E-state index contributed by atoms with van der Waals surface area (Å²) in [6, 6.07) is 17.5. The Morgan fingerprint density at radius 1 is 1.08 bits per heavy atom. The first-order valence-corrected chi connectivity index (χ1v) is 9.55. The maximum absolute atomic E-state index is 12.5. The van der Waals surface area contributed by atoms with Crippen LogP contribution in [-0.2, 0) is 11.3 Å². The second-order valence-corrected chi connectivity index (χ2v) is 7.13. The Hall–Kier alpha value is -2.60. The number of aryl methyl sites for hydroxylation is 1. The zero-order valence-corrected chi connectivity index (χ0v) is 15.5. The SMILES string of the molecule is Cc1nn(CC(=O)NCCCSc2ccccc2)c(=O)c2ccccc12. The maximum atomic E-state index is 12.5. The van der Waals surface area contributed by atoms with Crippen LogP contribution in [0, 0.1) is 6.92 Å². The van der Waals surface area contributed by atoms with Gasteiger partial charge in [-0.25, -0.2) is 4.68 Å². The fourth-order valence-electron chi connectivity index (χ4n) is 2.71. The number of carbonyl (C=O) groups excluding carboxylic acids is 1. The number of carbonyl (C=O) groups is 1. The average Bonchev–Trinajstić information content (AvgIpc) is 2.66. The van der Waals surface area contributed by atoms with Crippen LogP contribution < -0.4 is 10.9 Å². The first-order valence-electron chi connectivity index (χ1n) is 8.56. The van der Waals surface area contributed by atoms with Crippen molar-refractivity contribution in [2.45, 2.75) is 24.8 Å². The van der Waals surface area contributed by atoms with Crippen molar-refractivity contribution >= 4 is 28.4 Å². The van der Waals surface area contributed by atoms with Gasteiger partial charge in [-0.3, -0.25) is 9.59 Å². The third kappa shape index (κ3) is 4.52. The molecule has 0 spiro atoms. The van der Waals surface area contributed by atoms with E-state index in [-0.39, 0.29) is 18.0 Å². The molecular formula is C20H21N3O2S. The third-order valence-corrected chi connectivity index (χ3v) is 5.10. The molecule has 0 radical (unpaired) electrons. The number of amides is 1. The highest BCUT2D eigenvalue weighted by molar-refractivity contribution is 7.99. The van der Waals surface area contributed by atoms with E-state index in [1.807, 2.05) is 43.3 Å². The fraction of sp³-hybridized carbons (Fsp3) is 0.250. The molecule has 0 bridgehead atoms.